The largest absolute Gasteiger partial charge is 0.294 e. The number of alkyl halides is 1. The molecular weight excluding hydrogens is 548 g/mol. The van der Waals surface area contributed by atoms with Gasteiger partial charge in [-0.1, -0.05) is 15.9 Å². The predicted molar refractivity (Wildman–Crippen MR) is 105 cm³/mol. The molecule has 2 aromatic rings. The van der Waals surface area contributed by atoms with Crippen LogP contribution in [0.3, 0.4) is 0 Å². The van der Waals surface area contributed by atoms with Crippen LogP contribution in [0, 0.1) is 0 Å². The van der Waals surface area contributed by atoms with Gasteiger partial charge in [0.05, 0.1) is 5.33 Å². The Kier molecular flexibility index (Phi) is 16.7. The molecule has 0 amide bonds. The molecule has 0 aliphatic rings. The Balaban J connectivity index is 0. The highest BCUT2D eigenvalue weighted by atomic mass is 80.9. The Bertz CT molecular complexity index is 539. The van der Waals surface area contributed by atoms with Gasteiger partial charge in [0, 0.05) is 64.2 Å². The van der Waals surface area contributed by atoms with Crippen molar-refractivity contribution in [3.05, 3.63) is 60.2 Å². The molecule has 0 bridgehead atoms. The van der Waals surface area contributed by atoms with Crippen molar-refractivity contribution in [3.63, 3.8) is 0 Å². The monoisotopic (exact) mass is 558 g/mol. The summed E-state index contributed by atoms with van der Waals surface area (Å²) >= 11 is 8.57. The quantitative estimate of drug-likeness (QED) is 0.381. The fourth-order valence-electron chi connectivity index (χ4n) is 1.18. The van der Waals surface area contributed by atoms with Gasteiger partial charge in [-0.3, -0.25) is 19.6 Å². The van der Waals surface area contributed by atoms with Crippen LogP contribution >= 0.6 is 61.2 Å². The van der Waals surface area contributed by atoms with Gasteiger partial charge in [0.15, 0.2) is 11.6 Å². The molecule has 0 N–H and O–H groups in total. The normalized spacial score (nSPS) is 8.18. The van der Waals surface area contributed by atoms with E-state index >= 15 is 0 Å². The molecule has 0 aliphatic heterocycles. The minimum Gasteiger partial charge on any atom is -0.294 e. The number of Topliss-reactive ketones (excluding diaryl/α,β-unsaturated/α-hetero) is 2. The molecule has 2 rings (SSSR count). The van der Waals surface area contributed by atoms with E-state index in [9.17, 15) is 9.59 Å². The summed E-state index contributed by atoms with van der Waals surface area (Å²) in [5.74, 6) is 0.121. The number of pyridine rings is 2. The lowest BCUT2D eigenvalue weighted by atomic mass is 10.2. The number of ketones is 2. The standard InChI is InChI=1S/C7H6BrNO.C7H7NO.Br2.BrH/c8-4-7(10)6-2-1-3-9-5-6;1-6(9)7-3-2-4-8-5-7;1-2;/h1-3,5H,4H2;2-5H,1H3;;1H. The molecule has 0 radical (unpaired) electrons. The molecule has 0 aliphatic carbocycles. The lowest BCUT2D eigenvalue weighted by Crippen LogP contribution is -1.99. The molecule has 0 saturated heterocycles. The van der Waals surface area contributed by atoms with E-state index in [0.717, 1.165) is 0 Å². The van der Waals surface area contributed by atoms with Gasteiger partial charge in [0.25, 0.3) is 0 Å². The number of carbonyl (C=O) groups is 2. The number of hydrogen-bond acceptors (Lipinski definition) is 4. The van der Waals surface area contributed by atoms with Crippen LogP contribution in [-0.4, -0.2) is 26.9 Å². The van der Waals surface area contributed by atoms with Gasteiger partial charge in [0.2, 0.25) is 0 Å². The molecular formula is C14H14Br4N2O2. The Morgan fingerprint density at radius 1 is 1.00 bits per heavy atom. The molecule has 120 valence electrons. The van der Waals surface area contributed by atoms with Crippen molar-refractivity contribution < 1.29 is 9.59 Å². The minimum absolute atomic E-state index is 0. The summed E-state index contributed by atoms with van der Waals surface area (Å²) in [6, 6.07) is 6.98. The van der Waals surface area contributed by atoms with E-state index in [2.05, 4.69) is 54.2 Å². The van der Waals surface area contributed by atoms with Crippen LogP contribution in [0.2, 0.25) is 0 Å². The second kappa shape index (κ2) is 15.5. The van der Waals surface area contributed by atoms with Crippen LogP contribution in [0.4, 0.5) is 0 Å². The number of nitrogens with zero attached hydrogens (tertiary/aromatic N) is 2. The number of aromatic nitrogens is 2. The van der Waals surface area contributed by atoms with E-state index in [1.807, 2.05) is 0 Å². The highest BCUT2D eigenvalue weighted by Crippen LogP contribution is 1.99. The van der Waals surface area contributed by atoms with Crippen LogP contribution in [0.25, 0.3) is 0 Å². The first-order valence-corrected chi connectivity index (χ1v) is 10.5. The predicted octanol–water partition coefficient (Wildman–Crippen LogP) is 5.21. The van der Waals surface area contributed by atoms with E-state index in [1.54, 1.807) is 49.1 Å². The molecule has 22 heavy (non-hydrogen) atoms. The fourth-order valence-corrected chi connectivity index (χ4v) is 1.50. The first-order chi connectivity index (χ1) is 10.1. The van der Waals surface area contributed by atoms with E-state index in [-0.39, 0.29) is 28.5 Å². The first kappa shape index (κ1) is 23.8. The smallest absolute Gasteiger partial charge is 0.174 e. The molecule has 0 atom stereocenters. The van der Waals surface area contributed by atoms with Crippen LogP contribution < -0.4 is 0 Å². The number of carbonyl (C=O) groups excluding carboxylic acids is 2. The SMILES string of the molecule is Br.BrBr.CC(=O)c1cccnc1.O=C(CBr)c1cccnc1. The molecule has 8 heteroatoms. The lowest BCUT2D eigenvalue weighted by molar-refractivity contribution is 0.101. The highest BCUT2D eigenvalue weighted by molar-refractivity contribution is 9.93. The molecule has 2 aromatic heterocycles. The Labute approximate surface area is 163 Å². The zero-order chi connectivity index (χ0) is 16.1. The van der Waals surface area contributed by atoms with E-state index in [0.29, 0.717) is 16.5 Å². The minimum atomic E-state index is 0. The topological polar surface area (TPSA) is 59.9 Å². The number of halogens is 4. The van der Waals surface area contributed by atoms with Gasteiger partial charge >= 0.3 is 0 Å². The van der Waals surface area contributed by atoms with Gasteiger partial charge in [-0.05, 0) is 31.2 Å². The average Bonchev–Trinajstić information content (AvgIpc) is 2.58. The van der Waals surface area contributed by atoms with Gasteiger partial charge in [-0.2, -0.15) is 0 Å². The van der Waals surface area contributed by atoms with Gasteiger partial charge < -0.3 is 0 Å². The maximum absolute atomic E-state index is 10.9. The van der Waals surface area contributed by atoms with Gasteiger partial charge in [-0.25, -0.2) is 0 Å². The maximum Gasteiger partial charge on any atom is 0.174 e. The van der Waals surface area contributed by atoms with Crippen LogP contribution in [0.1, 0.15) is 27.6 Å². The summed E-state index contributed by atoms with van der Waals surface area (Å²) in [6.45, 7) is 1.52. The van der Waals surface area contributed by atoms with Crippen molar-refractivity contribution >= 4 is 72.7 Å². The molecule has 0 unspecified atom stereocenters. The van der Waals surface area contributed by atoms with Crippen molar-refractivity contribution in [2.24, 2.45) is 0 Å². The summed E-state index contributed by atoms with van der Waals surface area (Å²) in [4.78, 5) is 29.1. The van der Waals surface area contributed by atoms with Crippen molar-refractivity contribution in [1.29, 1.82) is 0 Å². The number of hydrogen-bond donors (Lipinski definition) is 0. The van der Waals surface area contributed by atoms with Gasteiger partial charge in [0.1, 0.15) is 0 Å². The molecule has 0 fully saturated rings. The van der Waals surface area contributed by atoms with Crippen molar-refractivity contribution in [1.82, 2.24) is 9.97 Å². The molecule has 2 heterocycles. The number of rotatable bonds is 3. The van der Waals surface area contributed by atoms with Crippen molar-refractivity contribution in [2.45, 2.75) is 6.92 Å². The third-order valence-electron chi connectivity index (χ3n) is 2.17. The first-order valence-electron chi connectivity index (χ1n) is 5.69. The van der Waals surface area contributed by atoms with E-state index in [1.165, 1.54) is 6.92 Å². The molecule has 0 saturated carbocycles. The second-order valence-electron chi connectivity index (χ2n) is 3.60. The van der Waals surface area contributed by atoms with Crippen molar-refractivity contribution in [3.8, 4) is 0 Å². The summed E-state index contributed by atoms with van der Waals surface area (Å²) in [5.41, 5.74) is 1.32. The van der Waals surface area contributed by atoms with Crippen LogP contribution in [0.15, 0.2) is 49.1 Å². The highest BCUT2D eigenvalue weighted by Gasteiger charge is 2.00. The Morgan fingerprint density at radius 3 is 1.73 bits per heavy atom. The van der Waals surface area contributed by atoms with Crippen LogP contribution in [0.5, 0.6) is 0 Å². The van der Waals surface area contributed by atoms with Gasteiger partial charge in [-0.15, -0.1) is 17.0 Å². The van der Waals surface area contributed by atoms with Crippen LogP contribution in [-0.2, 0) is 0 Å². The maximum atomic E-state index is 10.9. The third kappa shape index (κ3) is 10.3. The van der Waals surface area contributed by atoms with E-state index < -0.39 is 0 Å². The Hall–Kier alpha value is -0.440. The fraction of sp³-hybridized carbons (Fsp3) is 0.143. The second-order valence-corrected chi connectivity index (χ2v) is 4.16. The summed E-state index contributed by atoms with van der Waals surface area (Å²) in [5, 5.41) is 0.360. The molecule has 0 spiro atoms. The van der Waals surface area contributed by atoms with Crippen molar-refractivity contribution in [2.75, 3.05) is 5.33 Å². The summed E-state index contributed by atoms with van der Waals surface area (Å²) < 4.78 is 0. The molecule has 4 nitrogen and oxygen atoms in total. The lowest BCUT2D eigenvalue weighted by Gasteiger charge is -1.92. The summed E-state index contributed by atoms with van der Waals surface area (Å²) in [7, 11) is 0. The zero-order valence-corrected chi connectivity index (χ0v) is 18.1. The third-order valence-corrected chi connectivity index (χ3v) is 2.68. The average molecular weight is 562 g/mol. The van der Waals surface area contributed by atoms with E-state index in [4.69, 9.17) is 0 Å². The molecule has 0 aromatic carbocycles. The zero-order valence-electron chi connectivity index (χ0n) is 11.6. The Morgan fingerprint density at radius 2 is 1.45 bits per heavy atom. The summed E-state index contributed by atoms with van der Waals surface area (Å²) in [6.07, 6.45) is 6.41.